The van der Waals surface area contributed by atoms with Gasteiger partial charge in [0.1, 0.15) is 5.84 Å². The van der Waals surface area contributed by atoms with Gasteiger partial charge in [-0.15, -0.1) is 0 Å². The molecule has 6 aliphatic carbocycles. The average Bonchev–Trinajstić information content (AvgIpc) is 4.15. The number of carbonyl (C=O) groups excluding carboxylic acids is 2. The topological polar surface area (TPSA) is 150 Å². The summed E-state index contributed by atoms with van der Waals surface area (Å²) >= 11 is 3.52. The summed E-state index contributed by atoms with van der Waals surface area (Å²) in [4.78, 5) is 39.7. The maximum atomic E-state index is 13.5. The van der Waals surface area contributed by atoms with Gasteiger partial charge in [0.15, 0.2) is 17.0 Å². The normalized spacial score (nSPS) is 32.7. The third-order valence-electron chi connectivity index (χ3n) is 14.7. The Bertz CT molecular complexity index is 2070. The van der Waals surface area contributed by atoms with E-state index in [9.17, 15) is 27.2 Å². The van der Waals surface area contributed by atoms with Crippen molar-refractivity contribution in [2.45, 2.75) is 145 Å². The zero-order valence-corrected chi connectivity index (χ0v) is 35.8. The Hall–Kier alpha value is -3.38. The number of likely N-dealkylation sites (N-methyl/N-ethyl adjacent to an activating group) is 2. The van der Waals surface area contributed by atoms with Gasteiger partial charge < -0.3 is 30.2 Å². The highest BCUT2D eigenvalue weighted by molar-refractivity contribution is 9.10. The molecule has 4 saturated carbocycles. The van der Waals surface area contributed by atoms with Crippen LogP contribution in [0.1, 0.15) is 118 Å². The van der Waals surface area contributed by atoms with Crippen molar-refractivity contribution >= 4 is 46.7 Å². The molecule has 60 heavy (non-hydrogen) atoms. The molecule has 0 radical (unpaired) electrons. The molecule has 0 aromatic heterocycles. The Balaban J connectivity index is 0.000000146. The van der Waals surface area contributed by atoms with Gasteiger partial charge in [-0.25, -0.2) is 4.99 Å². The first kappa shape index (κ1) is 43.3. The number of hydrogen-bond donors (Lipinski definition) is 3. The number of ether oxygens (including phenoxy) is 2. The number of amidine groups is 1. The van der Waals surface area contributed by atoms with Crippen LogP contribution < -0.4 is 5.73 Å². The fourth-order valence-electron chi connectivity index (χ4n) is 11.1. The molecule has 2 atom stereocenters. The first-order valence-electron chi connectivity index (χ1n) is 21.1. The molecule has 2 aromatic carbocycles. The van der Waals surface area contributed by atoms with Gasteiger partial charge in [-0.05, 0) is 136 Å². The number of fused-ring (bicyclic) bond motifs is 6. The number of aliphatic imine (C=N–C) groups is 2. The molecule has 2 heterocycles. The van der Waals surface area contributed by atoms with Crippen LogP contribution >= 0.6 is 15.9 Å². The minimum atomic E-state index is -2.76. The summed E-state index contributed by atoms with van der Waals surface area (Å²) in [6.45, 7) is -3.66. The van der Waals surface area contributed by atoms with Crippen molar-refractivity contribution in [1.82, 2.24) is 9.80 Å². The number of amides is 2. The summed E-state index contributed by atoms with van der Waals surface area (Å²) in [5.41, 5.74) is 8.79. The Morgan fingerprint density at radius 1 is 0.750 bits per heavy atom. The summed E-state index contributed by atoms with van der Waals surface area (Å²) in [6, 6.07) is 12.5. The molecular formula is C43H53BBrF4N5O6. The molecule has 4 fully saturated rings. The van der Waals surface area contributed by atoms with Crippen LogP contribution in [0.25, 0.3) is 0 Å². The van der Waals surface area contributed by atoms with Crippen LogP contribution in [0.3, 0.4) is 0 Å². The van der Waals surface area contributed by atoms with Crippen LogP contribution in [0.15, 0.2) is 50.9 Å². The van der Waals surface area contributed by atoms with Crippen molar-refractivity contribution in [3.63, 3.8) is 0 Å². The fraction of sp³-hybridized carbons (Fsp3) is 0.628. The van der Waals surface area contributed by atoms with Crippen molar-refractivity contribution in [3.05, 3.63) is 68.7 Å². The number of benzene rings is 2. The third kappa shape index (κ3) is 7.31. The molecule has 4 spiro atoms. The molecule has 10 rings (SSSR count). The van der Waals surface area contributed by atoms with Crippen molar-refractivity contribution in [3.8, 4) is 0 Å². The van der Waals surface area contributed by atoms with Crippen LogP contribution in [-0.4, -0.2) is 90.1 Å². The highest BCUT2D eigenvalue weighted by Gasteiger charge is 2.67. The van der Waals surface area contributed by atoms with Crippen LogP contribution in [0.2, 0.25) is 5.82 Å². The van der Waals surface area contributed by atoms with Crippen LogP contribution in [0, 0.1) is 10.8 Å². The van der Waals surface area contributed by atoms with Crippen molar-refractivity contribution < 1.29 is 46.7 Å². The number of halogens is 5. The van der Waals surface area contributed by atoms with E-state index in [0.29, 0.717) is 63.1 Å². The smallest absolute Gasteiger partial charge is 0.427 e. The predicted octanol–water partition coefficient (Wildman–Crippen LogP) is 7.15. The van der Waals surface area contributed by atoms with Gasteiger partial charge in [0.25, 0.3) is 11.8 Å². The number of rotatable bonds is 6. The first-order chi connectivity index (χ1) is 28.5. The summed E-state index contributed by atoms with van der Waals surface area (Å²) in [7, 11) is 2.38. The van der Waals surface area contributed by atoms with E-state index < -0.39 is 49.0 Å². The quantitative estimate of drug-likeness (QED) is 0.206. The Kier molecular flexibility index (Phi) is 11.6. The zero-order chi connectivity index (χ0) is 42.9. The summed E-state index contributed by atoms with van der Waals surface area (Å²) in [5, 5.41) is 16.5. The molecule has 0 bridgehead atoms. The van der Waals surface area contributed by atoms with Crippen molar-refractivity contribution in [1.29, 1.82) is 0 Å². The molecular weight excluding hydrogens is 849 g/mol. The molecule has 17 heteroatoms. The van der Waals surface area contributed by atoms with Gasteiger partial charge in [-0.1, -0.05) is 53.0 Å². The number of carbonyl (C=O) groups is 2. The lowest BCUT2D eigenvalue weighted by molar-refractivity contribution is -0.179. The zero-order valence-electron chi connectivity index (χ0n) is 34.2. The maximum Gasteiger partial charge on any atom is 0.454 e. The van der Waals surface area contributed by atoms with Crippen LogP contribution in [-0.2, 0) is 43.0 Å². The summed E-state index contributed by atoms with van der Waals surface area (Å²) < 4.78 is 60.9. The third-order valence-corrected chi connectivity index (χ3v) is 15.2. The molecule has 2 aliphatic heterocycles. The van der Waals surface area contributed by atoms with Crippen LogP contribution in [0.4, 0.5) is 17.6 Å². The molecule has 8 aliphatic rings. The van der Waals surface area contributed by atoms with Crippen molar-refractivity contribution in [2.75, 3.05) is 14.1 Å². The number of nitrogens with zero attached hydrogens (tertiary/aromatic N) is 4. The lowest BCUT2D eigenvalue weighted by Gasteiger charge is -2.45. The number of guanidine groups is 1. The molecule has 2 unspecified atom stereocenters. The van der Waals surface area contributed by atoms with E-state index in [-0.39, 0.29) is 29.0 Å². The van der Waals surface area contributed by atoms with E-state index in [1.165, 1.54) is 23.3 Å². The molecule has 0 saturated heterocycles. The van der Waals surface area contributed by atoms with E-state index in [1.807, 2.05) is 25.1 Å². The molecule has 324 valence electrons. The first-order valence-corrected chi connectivity index (χ1v) is 21.9. The molecule has 2 amide bonds. The summed E-state index contributed by atoms with van der Waals surface area (Å²) in [6.07, 6.45) is 9.49. The largest absolute Gasteiger partial charge is 0.454 e. The average molecular weight is 903 g/mol. The Morgan fingerprint density at radius 3 is 1.63 bits per heavy atom. The van der Waals surface area contributed by atoms with Gasteiger partial charge >= 0.3 is 20.3 Å². The second-order valence-corrected chi connectivity index (χ2v) is 19.0. The van der Waals surface area contributed by atoms with E-state index in [2.05, 4.69) is 34.1 Å². The lowest BCUT2D eigenvalue weighted by atomic mass is 9.61. The number of alkyl halides is 4. The van der Waals surface area contributed by atoms with E-state index in [0.717, 1.165) is 52.4 Å². The van der Waals surface area contributed by atoms with E-state index in [4.69, 9.17) is 35.2 Å². The second-order valence-electron chi connectivity index (χ2n) is 18.1. The lowest BCUT2D eigenvalue weighted by Crippen LogP contribution is -2.51. The fourth-order valence-corrected chi connectivity index (χ4v) is 11.5. The summed E-state index contributed by atoms with van der Waals surface area (Å²) in [5.74, 6) is 1.62. The van der Waals surface area contributed by atoms with E-state index >= 15 is 0 Å². The highest BCUT2D eigenvalue weighted by Crippen LogP contribution is 2.64. The van der Waals surface area contributed by atoms with Crippen molar-refractivity contribution in [2.24, 2.45) is 26.5 Å². The minimum Gasteiger partial charge on any atom is -0.427 e. The predicted molar refractivity (Wildman–Crippen MR) is 220 cm³/mol. The van der Waals surface area contributed by atoms with Crippen LogP contribution in [0.5, 0.6) is 0 Å². The monoisotopic (exact) mass is 901 g/mol. The molecule has 4 N–H and O–H groups in total. The second kappa shape index (κ2) is 16.1. The van der Waals surface area contributed by atoms with Gasteiger partial charge in [0, 0.05) is 29.4 Å². The van der Waals surface area contributed by atoms with Gasteiger partial charge in [-0.2, -0.15) is 17.6 Å². The molecule has 11 nitrogen and oxygen atoms in total. The standard InChI is InChI=1S/C21H25F2N3O2.C19H21BrF2N2O2.C3H7BO2/c1-26-17(27)21(25-19(26)24)16-10-13(12-2-3-12)4-5-14(16)11-20(21)8-6-15(7-9-20)28-18(22)23;1-11-23-19(16(25)24(11)2)15-9-13(20)4-3-12(15)10-18(19)7-5-14(6-8-18)26-17(21)22;5-4(6)3-1-2-3/h4-5,10,12,15,18H,2-3,6-9,11H2,1H3,(H2,24,25);3-4,9,14,17H,5-8,10H2,1-2H3;3,5-6H,1-2H2. The number of nitrogens with two attached hydrogens (primary N) is 1. The van der Waals surface area contributed by atoms with Gasteiger partial charge in [0.05, 0.1) is 12.2 Å². The SMILES string of the molecule is CC1=NC2(C(=O)N1C)c1cc(Br)ccc1CC21CCC(OC(F)F)CC1.CN1C(=O)C2(N=C1N)c1cc(C3CC3)ccc1CC21CCC(OC(F)F)CC1.OB(O)C1CC1. The highest BCUT2D eigenvalue weighted by atomic mass is 79.9. The minimum absolute atomic E-state index is 0.0138. The maximum absolute atomic E-state index is 13.5. The number of hydrogen-bond acceptors (Lipinski definition) is 9. The molecule has 2 aromatic rings. The Morgan fingerprint density at radius 2 is 1.23 bits per heavy atom. The van der Waals surface area contributed by atoms with Gasteiger partial charge in [0.2, 0.25) is 0 Å². The Labute approximate surface area is 356 Å². The van der Waals surface area contributed by atoms with Gasteiger partial charge in [-0.3, -0.25) is 19.5 Å². The van der Waals surface area contributed by atoms with E-state index in [1.54, 1.807) is 19.0 Å².